The molecule has 0 radical (unpaired) electrons. The van der Waals surface area contributed by atoms with Crippen molar-refractivity contribution >= 4 is 17.0 Å². The fourth-order valence-electron chi connectivity index (χ4n) is 3.36. The van der Waals surface area contributed by atoms with Gasteiger partial charge in [-0.1, -0.05) is 35.5 Å². The van der Waals surface area contributed by atoms with Gasteiger partial charge in [0.2, 0.25) is 0 Å². The first kappa shape index (κ1) is 17.1. The van der Waals surface area contributed by atoms with Crippen molar-refractivity contribution < 1.29 is 4.84 Å². The van der Waals surface area contributed by atoms with E-state index in [1.807, 2.05) is 0 Å². The van der Waals surface area contributed by atoms with E-state index in [4.69, 9.17) is 4.84 Å². The number of hydrogen-bond donors (Lipinski definition) is 0. The second kappa shape index (κ2) is 7.48. The van der Waals surface area contributed by atoms with Crippen LogP contribution in [0.5, 0.6) is 0 Å². The zero-order chi connectivity index (χ0) is 17.9. The molecular weight excluding hydrogens is 342 g/mol. The molecule has 4 rings (SSSR count). The SMILES string of the molecule is Cc1csc2c1-n1cccc1/C2=N/OCCCN(C)Cc1ccccc1. The van der Waals surface area contributed by atoms with E-state index in [0.717, 1.165) is 30.9 Å². The molecule has 3 heterocycles. The summed E-state index contributed by atoms with van der Waals surface area (Å²) in [5.41, 5.74) is 5.95. The third kappa shape index (κ3) is 3.32. The molecular formula is C21H23N3OS. The van der Waals surface area contributed by atoms with E-state index in [9.17, 15) is 0 Å². The Labute approximate surface area is 158 Å². The predicted octanol–water partition coefficient (Wildman–Crippen LogP) is 4.45. The monoisotopic (exact) mass is 365 g/mol. The van der Waals surface area contributed by atoms with Crippen molar-refractivity contribution in [1.29, 1.82) is 0 Å². The number of hydrogen-bond acceptors (Lipinski definition) is 4. The summed E-state index contributed by atoms with van der Waals surface area (Å²) in [6.07, 6.45) is 3.05. The third-order valence-corrected chi connectivity index (χ3v) is 5.71. The van der Waals surface area contributed by atoms with Crippen LogP contribution in [0.1, 0.15) is 28.1 Å². The van der Waals surface area contributed by atoms with Gasteiger partial charge in [-0.2, -0.15) is 0 Å². The largest absolute Gasteiger partial charge is 0.395 e. The summed E-state index contributed by atoms with van der Waals surface area (Å²) in [5, 5.41) is 6.64. The highest BCUT2D eigenvalue weighted by Crippen LogP contribution is 2.35. The van der Waals surface area contributed by atoms with Gasteiger partial charge in [0.15, 0.2) is 0 Å². The standard InChI is InChI=1S/C21H23N3OS/c1-16-15-26-21-19(18-10-6-12-24(18)20(16)21)22-25-13-7-11-23(2)14-17-8-4-3-5-9-17/h3-6,8-10,12,15H,7,11,13-14H2,1-2H3/b22-19-. The summed E-state index contributed by atoms with van der Waals surface area (Å²) in [5.74, 6) is 0. The summed E-state index contributed by atoms with van der Waals surface area (Å²) in [6, 6.07) is 14.7. The number of aromatic nitrogens is 1. The average molecular weight is 366 g/mol. The van der Waals surface area contributed by atoms with Crippen LogP contribution in [0.4, 0.5) is 0 Å². The van der Waals surface area contributed by atoms with Crippen molar-refractivity contribution in [3.8, 4) is 5.69 Å². The van der Waals surface area contributed by atoms with Gasteiger partial charge >= 0.3 is 0 Å². The van der Waals surface area contributed by atoms with Gasteiger partial charge in [0.05, 0.1) is 16.3 Å². The summed E-state index contributed by atoms with van der Waals surface area (Å²) in [7, 11) is 2.14. The first-order valence-electron chi connectivity index (χ1n) is 8.93. The average Bonchev–Trinajstić information content (AvgIpc) is 3.31. The van der Waals surface area contributed by atoms with E-state index in [0.29, 0.717) is 6.61 Å². The molecule has 0 saturated carbocycles. The Bertz CT molecular complexity index is 910. The topological polar surface area (TPSA) is 29.8 Å². The van der Waals surface area contributed by atoms with Crippen LogP contribution in [0.15, 0.2) is 59.2 Å². The fraction of sp³-hybridized carbons (Fsp3) is 0.286. The van der Waals surface area contributed by atoms with Gasteiger partial charge < -0.3 is 14.3 Å². The summed E-state index contributed by atoms with van der Waals surface area (Å²) >= 11 is 1.74. The molecule has 0 saturated heterocycles. The Hall–Kier alpha value is -2.37. The van der Waals surface area contributed by atoms with Crippen LogP contribution in [0.3, 0.4) is 0 Å². The van der Waals surface area contributed by atoms with Gasteiger partial charge in [0, 0.05) is 19.3 Å². The number of rotatable bonds is 7. The molecule has 3 aromatic rings. The Morgan fingerprint density at radius 2 is 2.00 bits per heavy atom. The molecule has 1 aliphatic heterocycles. The number of oxime groups is 1. The van der Waals surface area contributed by atoms with Crippen molar-refractivity contribution in [2.75, 3.05) is 20.2 Å². The molecule has 0 atom stereocenters. The molecule has 2 aromatic heterocycles. The van der Waals surface area contributed by atoms with E-state index >= 15 is 0 Å². The number of benzene rings is 1. The predicted molar refractivity (Wildman–Crippen MR) is 107 cm³/mol. The zero-order valence-electron chi connectivity index (χ0n) is 15.2. The maximum absolute atomic E-state index is 5.67. The van der Waals surface area contributed by atoms with E-state index in [1.165, 1.54) is 21.7 Å². The molecule has 5 heteroatoms. The molecule has 1 aromatic carbocycles. The van der Waals surface area contributed by atoms with E-state index in [-0.39, 0.29) is 0 Å². The lowest BCUT2D eigenvalue weighted by Crippen LogP contribution is -2.20. The smallest absolute Gasteiger partial charge is 0.146 e. The lowest BCUT2D eigenvalue weighted by atomic mass is 10.2. The molecule has 0 fully saturated rings. The highest BCUT2D eigenvalue weighted by molar-refractivity contribution is 7.13. The van der Waals surface area contributed by atoms with Gasteiger partial charge in [-0.05, 0) is 49.0 Å². The maximum Gasteiger partial charge on any atom is 0.146 e. The minimum absolute atomic E-state index is 0.628. The lowest BCUT2D eigenvalue weighted by Gasteiger charge is -2.16. The Balaban J connectivity index is 1.31. The van der Waals surface area contributed by atoms with Gasteiger partial charge in [0.25, 0.3) is 0 Å². The molecule has 26 heavy (non-hydrogen) atoms. The molecule has 134 valence electrons. The Morgan fingerprint density at radius 3 is 2.85 bits per heavy atom. The second-order valence-electron chi connectivity index (χ2n) is 6.71. The van der Waals surface area contributed by atoms with Crippen LogP contribution in [0.25, 0.3) is 5.69 Å². The summed E-state index contributed by atoms with van der Waals surface area (Å²) < 4.78 is 2.21. The van der Waals surface area contributed by atoms with Gasteiger partial charge in [-0.3, -0.25) is 0 Å². The van der Waals surface area contributed by atoms with Crippen molar-refractivity contribution in [3.05, 3.63) is 75.7 Å². The van der Waals surface area contributed by atoms with Crippen molar-refractivity contribution in [3.63, 3.8) is 0 Å². The van der Waals surface area contributed by atoms with Crippen molar-refractivity contribution in [2.24, 2.45) is 5.16 Å². The van der Waals surface area contributed by atoms with Crippen molar-refractivity contribution in [2.45, 2.75) is 19.9 Å². The number of nitrogens with zero attached hydrogens (tertiary/aromatic N) is 3. The summed E-state index contributed by atoms with van der Waals surface area (Å²) in [4.78, 5) is 9.19. The minimum Gasteiger partial charge on any atom is -0.395 e. The Morgan fingerprint density at radius 1 is 1.15 bits per heavy atom. The number of aryl methyl sites for hydroxylation is 1. The highest BCUT2D eigenvalue weighted by Gasteiger charge is 2.28. The highest BCUT2D eigenvalue weighted by atomic mass is 32.1. The molecule has 0 amide bonds. The second-order valence-corrected chi connectivity index (χ2v) is 7.59. The van der Waals surface area contributed by atoms with Crippen LogP contribution >= 0.6 is 11.3 Å². The van der Waals surface area contributed by atoms with E-state index < -0.39 is 0 Å². The van der Waals surface area contributed by atoms with Crippen LogP contribution in [-0.2, 0) is 11.4 Å². The fourth-order valence-corrected chi connectivity index (χ4v) is 4.39. The minimum atomic E-state index is 0.628. The third-order valence-electron chi connectivity index (χ3n) is 4.62. The zero-order valence-corrected chi connectivity index (χ0v) is 16.0. The molecule has 1 aliphatic rings. The van der Waals surface area contributed by atoms with Gasteiger partial charge in [-0.15, -0.1) is 11.3 Å². The first-order chi connectivity index (χ1) is 12.7. The van der Waals surface area contributed by atoms with Crippen LogP contribution in [0, 0.1) is 6.92 Å². The molecule has 0 spiro atoms. The summed E-state index contributed by atoms with van der Waals surface area (Å²) in [6.45, 7) is 4.72. The molecule has 0 N–H and O–H groups in total. The van der Waals surface area contributed by atoms with Gasteiger partial charge in [0.1, 0.15) is 12.3 Å². The number of fused-ring (bicyclic) bond motifs is 3. The first-order valence-corrected chi connectivity index (χ1v) is 9.81. The Kier molecular flexibility index (Phi) is 4.91. The number of thiophene rings is 1. The van der Waals surface area contributed by atoms with Crippen LogP contribution in [-0.4, -0.2) is 35.4 Å². The van der Waals surface area contributed by atoms with E-state index in [1.54, 1.807) is 11.3 Å². The van der Waals surface area contributed by atoms with Crippen LogP contribution in [0.2, 0.25) is 0 Å². The van der Waals surface area contributed by atoms with E-state index in [2.05, 4.69) is 82.6 Å². The molecule has 0 unspecified atom stereocenters. The molecule has 0 bridgehead atoms. The van der Waals surface area contributed by atoms with Crippen molar-refractivity contribution in [1.82, 2.24) is 9.47 Å². The quantitative estimate of drug-likeness (QED) is 0.358. The molecule has 0 aliphatic carbocycles. The molecule has 4 nitrogen and oxygen atoms in total. The maximum atomic E-state index is 5.67. The van der Waals surface area contributed by atoms with Crippen LogP contribution < -0.4 is 0 Å². The lowest BCUT2D eigenvalue weighted by molar-refractivity contribution is 0.132. The normalized spacial score (nSPS) is 14.0. The van der Waals surface area contributed by atoms with Gasteiger partial charge in [-0.25, -0.2) is 0 Å².